The lowest BCUT2D eigenvalue weighted by molar-refractivity contribution is -0.147. The number of amides is 1. The molecule has 2 unspecified atom stereocenters. The van der Waals surface area contributed by atoms with Crippen molar-refractivity contribution in [1.29, 1.82) is 0 Å². The van der Waals surface area contributed by atoms with Crippen molar-refractivity contribution in [2.75, 3.05) is 26.3 Å². The van der Waals surface area contributed by atoms with Gasteiger partial charge in [-0.1, -0.05) is 19.3 Å². The number of piperidine rings is 1. The van der Waals surface area contributed by atoms with E-state index in [-0.39, 0.29) is 12.5 Å². The van der Waals surface area contributed by atoms with Crippen molar-refractivity contribution in [3.63, 3.8) is 0 Å². The predicted octanol–water partition coefficient (Wildman–Crippen LogP) is 1.13. The summed E-state index contributed by atoms with van der Waals surface area (Å²) in [6, 6.07) is 0. The Hall–Kier alpha value is -1.10. The van der Waals surface area contributed by atoms with Crippen molar-refractivity contribution in [2.45, 2.75) is 32.1 Å². The number of likely N-dealkylation sites (tertiary alicyclic amines) is 1. The van der Waals surface area contributed by atoms with Crippen LogP contribution in [0.4, 0.5) is 0 Å². The van der Waals surface area contributed by atoms with Crippen LogP contribution < -0.4 is 0 Å². The van der Waals surface area contributed by atoms with Crippen LogP contribution in [0.2, 0.25) is 0 Å². The lowest BCUT2D eigenvalue weighted by Gasteiger charge is -2.41. The lowest BCUT2D eigenvalue weighted by Crippen LogP contribution is -2.46. The molecule has 1 heterocycles. The minimum absolute atomic E-state index is 0.0692. The van der Waals surface area contributed by atoms with Gasteiger partial charge in [0.05, 0.1) is 0 Å². The summed E-state index contributed by atoms with van der Waals surface area (Å²) < 4.78 is 4.86. The molecule has 1 saturated carbocycles. The number of carboxylic acids is 1. The quantitative estimate of drug-likeness (QED) is 0.817. The largest absolute Gasteiger partial charge is 0.480 e. The second-order valence-electron chi connectivity index (χ2n) is 5.32. The number of ether oxygens (including phenoxy) is 1. The molecule has 2 aliphatic rings. The summed E-state index contributed by atoms with van der Waals surface area (Å²) in [5.41, 5.74) is 0. The Morgan fingerprint density at radius 2 is 1.83 bits per heavy atom. The second kappa shape index (κ2) is 6.18. The zero-order valence-corrected chi connectivity index (χ0v) is 10.6. The molecule has 18 heavy (non-hydrogen) atoms. The van der Waals surface area contributed by atoms with E-state index in [1.54, 1.807) is 0 Å². The Balaban J connectivity index is 1.75. The predicted molar refractivity (Wildman–Crippen MR) is 65.1 cm³/mol. The first-order chi connectivity index (χ1) is 8.66. The highest BCUT2D eigenvalue weighted by molar-refractivity contribution is 5.78. The Morgan fingerprint density at radius 3 is 2.56 bits per heavy atom. The van der Waals surface area contributed by atoms with E-state index in [9.17, 15) is 9.59 Å². The van der Waals surface area contributed by atoms with E-state index in [0.717, 1.165) is 25.4 Å². The standard InChI is InChI=1S/C13H21NO4/c15-12(8-18-9-13(16)17)14-6-5-10-3-1-2-4-11(10)7-14/h10-11H,1-9H2,(H,16,17). The minimum Gasteiger partial charge on any atom is -0.480 e. The fraction of sp³-hybridized carbons (Fsp3) is 0.846. The summed E-state index contributed by atoms with van der Waals surface area (Å²) in [5, 5.41) is 8.44. The third-order valence-corrected chi connectivity index (χ3v) is 4.09. The van der Waals surface area contributed by atoms with Gasteiger partial charge < -0.3 is 14.7 Å². The number of nitrogens with zero attached hydrogens (tertiary/aromatic N) is 1. The van der Waals surface area contributed by atoms with Crippen molar-refractivity contribution in [2.24, 2.45) is 11.8 Å². The number of carboxylic acid groups (broad SMARTS) is 1. The number of rotatable bonds is 4. The molecule has 1 aliphatic heterocycles. The van der Waals surface area contributed by atoms with E-state index in [1.165, 1.54) is 25.7 Å². The Bertz CT molecular complexity index is 318. The van der Waals surface area contributed by atoms with E-state index in [2.05, 4.69) is 0 Å². The fourth-order valence-corrected chi connectivity index (χ4v) is 3.14. The molecule has 5 nitrogen and oxygen atoms in total. The van der Waals surface area contributed by atoms with Gasteiger partial charge in [0.2, 0.25) is 5.91 Å². The van der Waals surface area contributed by atoms with E-state index >= 15 is 0 Å². The molecule has 0 aromatic heterocycles. The van der Waals surface area contributed by atoms with Crippen molar-refractivity contribution >= 4 is 11.9 Å². The molecule has 0 spiro atoms. The Kier molecular flexibility index (Phi) is 4.58. The van der Waals surface area contributed by atoms with E-state index in [4.69, 9.17) is 9.84 Å². The zero-order valence-electron chi connectivity index (χ0n) is 10.6. The molecule has 1 N–H and O–H groups in total. The molecular formula is C13H21NO4. The summed E-state index contributed by atoms with van der Waals surface area (Å²) >= 11 is 0. The summed E-state index contributed by atoms with van der Waals surface area (Å²) in [4.78, 5) is 24.0. The average molecular weight is 255 g/mol. The summed E-state index contributed by atoms with van der Waals surface area (Å²) in [6.45, 7) is 1.13. The number of hydrogen-bond donors (Lipinski definition) is 1. The maximum absolute atomic E-state index is 11.9. The molecule has 1 saturated heterocycles. The molecule has 0 aromatic rings. The van der Waals surface area contributed by atoms with Crippen LogP contribution in [0.5, 0.6) is 0 Å². The maximum atomic E-state index is 11.9. The van der Waals surface area contributed by atoms with Gasteiger partial charge in [-0.2, -0.15) is 0 Å². The average Bonchev–Trinajstić information content (AvgIpc) is 2.37. The summed E-state index contributed by atoms with van der Waals surface area (Å²) in [7, 11) is 0. The van der Waals surface area contributed by atoms with Gasteiger partial charge in [0.15, 0.2) is 0 Å². The molecular weight excluding hydrogens is 234 g/mol. The molecule has 2 atom stereocenters. The van der Waals surface area contributed by atoms with Gasteiger partial charge in [0.1, 0.15) is 13.2 Å². The van der Waals surface area contributed by atoms with Crippen LogP contribution >= 0.6 is 0 Å². The number of aliphatic carboxylic acids is 1. The Morgan fingerprint density at radius 1 is 1.11 bits per heavy atom. The van der Waals surface area contributed by atoms with Gasteiger partial charge in [0, 0.05) is 13.1 Å². The van der Waals surface area contributed by atoms with Gasteiger partial charge >= 0.3 is 5.97 Å². The van der Waals surface area contributed by atoms with Crippen LogP contribution in [0.3, 0.4) is 0 Å². The van der Waals surface area contributed by atoms with E-state index in [0.29, 0.717) is 5.92 Å². The van der Waals surface area contributed by atoms with Crippen LogP contribution in [-0.2, 0) is 14.3 Å². The van der Waals surface area contributed by atoms with Crippen molar-refractivity contribution in [3.8, 4) is 0 Å². The SMILES string of the molecule is O=C(O)COCC(=O)N1CCC2CCCCC2C1. The number of fused-ring (bicyclic) bond motifs is 1. The highest BCUT2D eigenvalue weighted by Crippen LogP contribution is 2.35. The monoisotopic (exact) mass is 255 g/mol. The first-order valence-corrected chi connectivity index (χ1v) is 6.74. The van der Waals surface area contributed by atoms with E-state index < -0.39 is 12.6 Å². The van der Waals surface area contributed by atoms with Crippen LogP contribution in [0, 0.1) is 11.8 Å². The lowest BCUT2D eigenvalue weighted by atomic mass is 9.75. The van der Waals surface area contributed by atoms with Crippen molar-refractivity contribution in [1.82, 2.24) is 4.90 Å². The highest BCUT2D eigenvalue weighted by Gasteiger charge is 2.32. The minimum atomic E-state index is -1.03. The van der Waals surface area contributed by atoms with Crippen LogP contribution in [0.25, 0.3) is 0 Å². The van der Waals surface area contributed by atoms with Crippen LogP contribution in [0.1, 0.15) is 32.1 Å². The molecule has 1 amide bonds. The number of carbonyl (C=O) groups excluding carboxylic acids is 1. The highest BCUT2D eigenvalue weighted by atomic mass is 16.5. The van der Waals surface area contributed by atoms with Gasteiger partial charge in [0.25, 0.3) is 0 Å². The van der Waals surface area contributed by atoms with Gasteiger partial charge in [-0.15, -0.1) is 0 Å². The van der Waals surface area contributed by atoms with E-state index in [1.807, 2.05) is 4.90 Å². The van der Waals surface area contributed by atoms with Crippen LogP contribution in [0.15, 0.2) is 0 Å². The third-order valence-electron chi connectivity index (χ3n) is 4.09. The molecule has 102 valence electrons. The molecule has 5 heteroatoms. The summed E-state index contributed by atoms with van der Waals surface area (Å²) in [6.07, 6.45) is 6.23. The molecule has 2 fully saturated rings. The maximum Gasteiger partial charge on any atom is 0.329 e. The first kappa shape index (κ1) is 13.3. The van der Waals surface area contributed by atoms with Crippen LogP contribution in [-0.4, -0.2) is 48.2 Å². The normalized spacial score (nSPS) is 27.7. The topological polar surface area (TPSA) is 66.8 Å². The fourth-order valence-electron chi connectivity index (χ4n) is 3.14. The van der Waals surface area contributed by atoms with Gasteiger partial charge in [-0.3, -0.25) is 4.79 Å². The summed E-state index contributed by atoms with van der Waals surface area (Å²) in [5.74, 6) is 0.340. The smallest absolute Gasteiger partial charge is 0.329 e. The number of hydrogen-bond acceptors (Lipinski definition) is 3. The molecule has 1 aliphatic carbocycles. The third kappa shape index (κ3) is 3.45. The number of carbonyl (C=O) groups is 2. The zero-order chi connectivity index (χ0) is 13.0. The second-order valence-corrected chi connectivity index (χ2v) is 5.32. The molecule has 0 aromatic carbocycles. The first-order valence-electron chi connectivity index (χ1n) is 6.74. The Labute approximate surface area is 107 Å². The molecule has 2 rings (SSSR count). The van der Waals surface area contributed by atoms with Crippen molar-refractivity contribution < 1.29 is 19.4 Å². The van der Waals surface area contributed by atoms with Crippen molar-refractivity contribution in [3.05, 3.63) is 0 Å². The molecule has 0 radical (unpaired) electrons. The van der Waals surface area contributed by atoms with Gasteiger partial charge in [-0.05, 0) is 24.7 Å². The molecule has 0 bridgehead atoms. The van der Waals surface area contributed by atoms with Gasteiger partial charge in [-0.25, -0.2) is 4.79 Å².